The summed E-state index contributed by atoms with van der Waals surface area (Å²) in [7, 11) is 0. The minimum Gasteiger partial charge on any atom is -0.356 e. The first kappa shape index (κ1) is 22.1. The van der Waals surface area contributed by atoms with Gasteiger partial charge >= 0.3 is 0 Å². The normalized spacial score (nSPS) is 19.0. The lowest BCUT2D eigenvalue weighted by molar-refractivity contribution is -0.137. The zero-order chi connectivity index (χ0) is 20.4. The van der Waals surface area contributed by atoms with Gasteiger partial charge in [-0.05, 0) is 38.0 Å². The van der Waals surface area contributed by atoms with Gasteiger partial charge < -0.3 is 10.2 Å². The Balaban J connectivity index is 1.39. The van der Waals surface area contributed by atoms with E-state index < -0.39 is 0 Å². The predicted molar refractivity (Wildman–Crippen MR) is 106 cm³/mol. The molecule has 0 spiro atoms. The van der Waals surface area contributed by atoms with E-state index in [4.69, 9.17) is 0 Å². The summed E-state index contributed by atoms with van der Waals surface area (Å²) in [6.45, 7) is 5.05. The van der Waals surface area contributed by atoms with Crippen molar-refractivity contribution in [3.63, 3.8) is 0 Å². The summed E-state index contributed by atoms with van der Waals surface area (Å²) in [5.41, 5.74) is 0. The Hall–Kier alpha value is -2.18. The summed E-state index contributed by atoms with van der Waals surface area (Å²) in [6.07, 6.45) is 9.76. The van der Waals surface area contributed by atoms with Gasteiger partial charge in [0.25, 0.3) is 11.8 Å². The van der Waals surface area contributed by atoms with E-state index in [9.17, 15) is 19.2 Å². The summed E-state index contributed by atoms with van der Waals surface area (Å²) in [6, 6.07) is 0. The quantitative estimate of drug-likeness (QED) is 0.407. The molecular formula is C21H33N3O4. The molecule has 0 aromatic rings. The average molecular weight is 392 g/mol. The third-order valence-corrected chi connectivity index (χ3v) is 5.35. The van der Waals surface area contributed by atoms with Crippen molar-refractivity contribution in [3.05, 3.63) is 12.2 Å². The first-order valence-corrected chi connectivity index (χ1v) is 10.6. The number of nitrogens with zero attached hydrogens (tertiary/aromatic N) is 2. The zero-order valence-corrected chi connectivity index (χ0v) is 17.0. The molecule has 2 rings (SSSR count). The number of likely N-dealkylation sites (tertiary alicyclic amines) is 1. The third kappa shape index (κ3) is 7.44. The van der Waals surface area contributed by atoms with Gasteiger partial charge in [-0.15, -0.1) is 0 Å². The lowest BCUT2D eigenvalue weighted by atomic mass is 10.1. The third-order valence-electron chi connectivity index (χ3n) is 5.35. The second-order valence-electron chi connectivity index (χ2n) is 7.87. The molecule has 0 saturated carbocycles. The molecule has 7 nitrogen and oxygen atoms in total. The van der Waals surface area contributed by atoms with Gasteiger partial charge in [0.1, 0.15) is 0 Å². The van der Waals surface area contributed by atoms with Crippen LogP contribution in [0.1, 0.15) is 64.7 Å². The van der Waals surface area contributed by atoms with Crippen LogP contribution in [0.4, 0.5) is 0 Å². The summed E-state index contributed by atoms with van der Waals surface area (Å²) in [4.78, 5) is 49.8. The van der Waals surface area contributed by atoms with Crippen LogP contribution in [0.2, 0.25) is 0 Å². The molecule has 156 valence electrons. The van der Waals surface area contributed by atoms with Gasteiger partial charge in [-0.2, -0.15) is 0 Å². The highest BCUT2D eigenvalue weighted by molar-refractivity contribution is 6.12. The van der Waals surface area contributed by atoms with Crippen LogP contribution in [-0.4, -0.2) is 59.6 Å². The Bertz CT molecular complexity index is 584. The number of unbranched alkanes of at least 4 members (excludes halogenated alkanes) is 4. The largest absolute Gasteiger partial charge is 0.356 e. The van der Waals surface area contributed by atoms with E-state index in [2.05, 4.69) is 12.2 Å². The van der Waals surface area contributed by atoms with Crippen LogP contribution in [0, 0.1) is 5.92 Å². The monoisotopic (exact) mass is 391 g/mol. The maximum atomic E-state index is 12.0. The van der Waals surface area contributed by atoms with Crippen molar-refractivity contribution in [2.75, 3.05) is 26.2 Å². The van der Waals surface area contributed by atoms with Crippen molar-refractivity contribution in [1.29, 1.82) is 0 Å². The number of carbonyl (C=O) groups excluding carboxylic acids is 4. The molecule has 1 saturated heterocycles. The maximum Gasteiger partial charge on any atom is 0.253 e. The summed E-state index contributed by atoms with van der Waals surface area (Å²) < 4.78 is 0. The molecule has 0 aromatic heterocycles. The van der Waals surface area contributed by atoms with E-state index in [0.29, 0.717) is 31.8 Å². The Morgan fingerprint density at radius 2 is 1.68 bits per heavy atom. The molecule has 4 amide bonds. The Kier molecular flexibility index (Phi) is 9.17. The Morgan fingerprint density at radius 1 is 1.00 bits per heavy atom. The van der Waals surface area contributed by atoms with Crippen LogP contribution in [0.5, 0.6) is 0 Å². The van der Waals surface area contributed by atoms with Crippen LogP contribution in [0.3, 0.4) is 0 Å². The molecular weight excluding hydrogens is 358 g/mol. The van der Waals surface area contributed by atoms with Crippen LogP contribution in [-0.2, 0) is 19.2 Å². The highest BCUT2D eigenvalue weighted by atomic mass is 16.2. The van der Waals surface area contributed by atoms with Gasteiger partial charge in [0.05, 0.1) is 0 Å². The molecule has 2 aliphatic rings. The summed E-state index contributed by atoms with van der Waals surface area (Å²) in [5, 5.41) is 2.91. The maximum absolute atomic E-state index is 12.0. The average Bonchev–Trinajstić information content (AvgIpc) is 3.24. The molecule has 7 heteroatoms. The van der Waals surface area contributed by atoms with Crippen molar-refractivity contribution in [2.45, 2.75) is 64.7 Å². The highest BCUT2D eigenvalue weighted by Crippen LogP contribution is 2.16. The molecule has 2 aliphatic heterocycles. The smallest absolute Gasteiger partial charge is 0.253 e. The molecule has 1 atom stereocenters. The second-order valence-corrected chi connectivity index (χ2v) is 7.87. The zero-order valence-electron chi connectivity index (χ0n) is 17.0. The van der Waals surface area contributed by atoms with Crippen LogP contribution in [0.15, 0.2) is 12.2 Å². The summed E-state index contributed by atoms with van der Waals surface area (Å²) in [5.74, 6) is 0.429. The van der Waals surface area contributed by atoms with Crippen molar-refractivity contribution in [3.8, 4) is 0 Å². The molecule has 0 unspecified atom stereocenters. The number of nitrogens with one attached hydrogen (secondary N) is 1. The first-order chi connectivity index (χ1) is 13.5. The minimum absolute atomic E-state index is 0.0390. The predicted octanol–water partition coefficient (Wildman–Crippen LogP) is 2.02. The Morgan fingerprint density at radius 3 is 2.36 bits per heavy atom. The van der Waals surface area contributed by atoms with Crippen molar-refractivity contribution in [1.82, 2.24) is 15.1 Å². The number of hydrogen-bond acceptors (Lipinski definition) is 4. The molecule has 0 bridgehead atoms. The summed E-state index contributed by atoms with van der Waals surface area (Å²) >= 11 is 0. The molecule has 1 fully saturated rings. The van der Waals surface area contributed by atoms with Crippen LogP contribution >= 0.6 is 0 Å². The lowest BCUT2D eigenvalue weighted by Crippen LogP contribution is -2.30. The SMILES string of the molecule is C[C@@H]1CCN(C(=O)CCCCCNC(=O)CCCCCN2C(=O)C=CC2=O)C1. The lowest BCUT2D eigenvalue weighted by Gasteiger charge is -2.15. The van der Waals surface area contributed by atoms with Gasteiger partial charge in [-0.1, -0.05) is 19.8 Å². The Labute approximate surface area is 167 Å². The van der Waals surface area contributed by atoms with Crippen LogP contribution in [0.25, 0.3) is 0 Å². The van der Waals surface area contributed by atoms with E-state index in [1.807, 2.05) is 4.90 Å². The number of hydrogen-bond donors (Lipinski definition) is 1. The fourth-order valence-corrected chi connectivity index (χ4v) is 3.60. The fraction of sp³-hybridized carbons (Fsp3) is 0.714. The van der Waals surface area contributed by atoms with Gasteiger partial charge in [-0.25, -0.2) is 0 Å². The number of imide groups is 1. The van der Waals surface area contributed by atoms with E-state index in [1.54, 1.807) is 0 Å². The van der Waals surface area contributed by atoms with Gasteiger partial charge in [0.2, 0.25) is 11.8 Å². The fourth-order valence-electron chi connectivity index (χ4n) is 3.60. The van der Waals surface area contributed by atoms with Gasteiger partial charge in [-0.3, -0.25) is 24.1 Å². The van der Waals surface area contributed by atoms with E-state index in [0.717, 1.165) is 58.0 Å². The van der Waals surface area contributed by atoms with Crippen molar-refractivity contribution >= 4 is 23.6 Å². The number of rotatable bonds is 12. The number of carbonyl (C=O) groups is 4. The second kappa shape index (κ2) is 11.6. The van der Waals surface area contributed by atoms with E-state index in [1.165, 1.54) is 17.1 Å². The number of amides is 4. The molecule has 2 heterocycles. The van der Waals surface area contributed by atoms with Gasteiger partial charge in [0, 0.05) is 51.2 Å². The van der Waals surface area contributed by atoms with Crippen molar-refractivity contribution in [2.24, 2.45) is 5.92 Å². The van der Waals surface area contributed by atoms with Crippen LogP contribution < -0.4 is 5.32 Å². The first-order valence-electron chi connectivity index (χ1n) is 10.6. The molecule has 0 aliphatic carbocycles. The molecule has 0 radical (unpaired) electrons. The standard InChI is InChI=1S/C21H33N3O4/c1-17-12-15-23(16-17)19(26)9-5-2-6-13-22-18(25)8-4-3-7-14-24-20(27)10-11-21(24)28/h10-11,17H,2-9,12-16H2,1H3,(H,22,25)/t17-/m1/s1. The molecule has 1 N–H and O–H groups in total. The highest BCUT2D eigenvalue weighted by Gasteiger charge is 2.23. The van der Waals surface area contributed by atoms with Gasteiger partial charge in [0.15, 0.2) is 0 Å². The minimum atomic E-state index is -0.251. The molecule has 28 heavy (non-hydrogen) atoms. The topological polar surface area (TPSA) is 86.8 Å². The van der Waals surface area contributed by atoms with E-state index in [-0.39, 0.29) is 23.6 Å². The molecule has 0 aromatic carbocycles. The van der Waals surface area contributed by atoms with Crippen molar-refractivity contribution < 1.29 is 19.2 Å². The van der Waals surface area contributed by atoms with E-state index >= 15 is 0 Å².